The number of hydrogen-bond donors (Lipinski definition) is 2. The number of carbonyl (C=O) groups excluding carboxylic acids is 1. The van der Waals surface area contributed by atoms with Crippen LogP contribution in [0, 0.1) is 5.92 Å². The maximum atomic E-state index is 11.9. The van der Waals surface area contributed by atoms with Gasteiger partial charge in [-0.3, -0.25) is 0 Å². The van der Waals surface area contributed by atoms with Crippen LogP contribution in [-0.4, -0.2) is 35.2 Å². The monoisotopic (exact) mass is 252 g/mol. The zero-order valence-corrected chi connectivity index (χ0v) is 10.6. The highest BCUT2D eigenvalue weighted by atomic mass is 16.3. The standard InChI is InChI=1S/C13H20N2O3/c1-10(16)11-4-6-15(7-5-11)13(17)14-9-12-3-2-8-18-12/h2-3,8,10-11,16H,4-7,9H2,1H3,(H,14,17). The van der Waals surface area contributed by atoms with Crippen LogP contribution in [0.4, 0.5) is 4.79 Å². The quantitative estimate of drug-likeness (QED) is 0.858. The number of aliphatic hydroxyl groups is 1. The third kappa shape index (κ3) is 3.26. The maximum Gasteiger partial charge on any atom is 0.317 e. The van der Waals surface area contributed by atoms with E-state index in [1.165, 1.54) is 0 Å². The lowest BCUT2D eigenvalue weighted by atomic mass is 9.92. The van der Waals surface area contributed by atoms with Crippen LogP contribution in [0.1, 0.15) is 25.5 Å². The number of amides is 2. The van der Waals surface area contributed by atoms with Crippen molar-refractivity contribution in [2.24, 2.45) is 5.92 Å². The molecule has 5 nitrogen and oxygen atoms in total. The molecule has 1 saturated heterocycles. The number of urea groups is 1. The molecular formula is C13H20N2O3. The van der Waals surface area contributed by atoms with E-state index in [4.69, 9.17) is 4.42 Å². The van der Waals surface area contributed by atoms with Crippen molar-refractivity contribution >= 4 is 6.03 Å². The van der Waals surface area contributed by atoms with E-state index < -0.39 is 0 Å². The van der Waals surface area contributed by atoms with Crippen LogP contribution >= 0.6 is 0 Å². The molecule has 0 aromatic carbocycles. The lowest BCUT2D eigenvalue weighted by molar-refractivity contribution is 0.0797. The normalized spacial score (nSPS) is 18.7. The van der Waals surface area contributed by atoms with E-state index in [1.807, 2.05) is 13.0 Å². The molecule has 1 fully saturated rings. The van der Waals surface area contributed by atoms with Gasteiger partial charge in [-0.05, 0) is 37.8 Å². The molecule has 1 aliphatic heterocycles. The number of carbonyl (C=O) groups is 1. The van der Waals surface area contributed by atoms with Crippen molar-refractivity contribution in [3.8, 4) is 0 Å². The lowest BCUT2D eigenvalue weighted by Crippen LogP contribution is -2.45. The molecule has 1 aromatic heterocycles. The fourth-order valence-electron chi connectivity index (χ4n) is 2.27. The van der Waals surface area contributed by atoms with Gasteiger partial charge in [-0.2, -0.15) is 0 Å². The first-order valence-electron chi connectivity index (χ1n) is 6.40. The van der Waals surface area contributed by atoms with Gasteiger partial charge in [0.15, 0.2) is 0 Å². The van der Waals surface area contributed by atoms with E-state index in [0.29, 0.717) is 25.6 Å². The molecule has 2 rings (SSSR count). The Morgan fingerprint density at radius 1 is 1.61 bits per heavy atom. The second-order valence-electron chi connectivity index (χ2n) is 4.80. The smallest absolute Gasteiger partial charge is 0.317 e. The van der Waals surface area contributed by atoms with E-state index >= 15 is 0 Å². The molecule has 2 N–H and O–H groups in total. The molecule has 1 aromatic rings. The molecule has 2 heterocycles. The topological polar surface area (TPSA) is 65.7 Å². The molecule has 0 bridgehead atoms. The average Bonchev–Trinajstić information content (AvgIpc) is 2.89. The SMILES string of the molecule is CC(O)C1CCN(C(=O)NCc2ccco2)CC1. The van der Waals surface area contributed by atoms with Gasteiger partial charge < -0.3 is 19.7 Å². The van der Waals surface area contributed by atoms with Gasteiger partial charge in [0.05, 0.1) is 18.9 Å². The van der Waals surface area contributed by atoms with Crippen LogP contribution in [-0.2, 0) is 6.54 Å². The summed E-state index contributed by atoms with van der Waals surface area (Å²) in [6, 6.07) is 3.57. The van der Waals surface area contributed by atoms with Crippen molar-refractivity contribution in [1.82, 2.24) is 10.2 Å². The van der Waals surface area contributed by atoms with Crippen molar-refractivity contribution in [1.29, 1.82) is 0 Å². The molecule has 1 unspecified atom stereocenters. The second kappa shape index (κ2) is 5.91. The van der Waals surface area contributed by atoms with E-state index in [0.717, 1.165) is 18.6 Å². The summed E-state index contributed by atoms with van der Waals surface area (Å²) in [5.74, 6) is 1.07. The van der Waals surface area contributed by atoms with Crippen molar-refractivity contribution in [2.75, 3.05) is 13.1 Å². The summed E-state index contributed by atoms with van der Waals surface area (Å²) < 4.78 is 5.15. The van der Waals surface area contributed by atoms with Gasteiger partial charge in [0.2, 0.25) is 0 Å². The summed E-state index contributed by atoms with van der Waals surface area (Å²) in [5.41, 5.74) is 0. The van der Waals surface area contributed by atoms with Crippen LogP contribution in [0.2, 0.25) is 0 Å². The third-order valence-electron chi connectivity index (χ3n) is 3.50. The predicted octanol–water partition coefficient (Wildman–Crippen LogP) is 1.58. The Hall–Kier alpha value is -1.49. The highest BCUT2D eigenvalue weighted by Gasteiger charge is 2.25. The number of furan rings is 1. The first-order chi connectivity index (χ1) is 8.66. The van der Waals surface area contributed by atoms with E-state index in [1.54, 1.807) is 17.2 Å². The Labute approximate surface area is 107 Å². The minimum absolute atomic E-state index is 0.0598. The molecule has 1 atom stereocenters. The highest BCUT2D eigenvalue weighted by Crippen LogP contribution is 2.20. The first-order valence-corrected chi connectivity index (χ1v) is 6.40. The zero-order valence-electron chi connectivity index (χ0n) is 10.6. The molecule has 0 spiro atoms. The summed E-state index contributed by atoms with van der Waals surface area (Å²) in [6.45, 7) is 3.65. The van der Waals surface area contributed by atoms with Gasteiger partial charge in [0.1, 0.15) is 5.76 Å². The van der Waals surface area contributed by atoms with Crippen LogP contribution in [0.5, 0.6) is 0 Å². The molecule has 100 valence electrons. The molecule has 0 aliphatic carbocycles. The molecule has 2 amide bonds. The van der Waals surface area contributed by atoms with Crippen molar-refractivity contribution in [2.45, 2.75) is 32.4 Å². The van der Waals surface area contributed by atoms with Crippen LogP contribution in [0.3, 0.4) is 0 Å². The zero-order chi connectivity index (χ0) is 13.0. The predicted molar refractivity (Wildman–Crippen MR) is 66.9 cm³/mol. The Kier molecular flexibility index (Phi) is 4.25. The van der Waals surface area contributed by atoms with Crippen molar-refractivity contribution < 1.29 is 14.3 Å². The molecule has 1 aliphatic rings. The summed E-state index contributed by atoms with van der Waals surface area (Å²) in [7, 11) is 0. The summed E-state index contributed by atoms with van der Waals surface area (Å²) in [5, 5.41) is 12.3. The number of nitrogens with zero attached hydrogens (tertiary/aromatic N) is 1. The van der Waals surface area contributed by atoms with Gasteiger partial charge in [-0.15, -0.1) is 0 Å². The summed E-state index contributed by atoms with van der Waals surface area (Å²) in [6.07, 6.45) is 3.05. The molecule has 0 saturated carbocycles. The number of aliphatic hydroxyl groups excluding tert-OH is 1. The Balaban J connectivity index is 1.74. The third-order valence-corrected chi connectivity index (χ3v) is 3.50. The number of piperidine rings is 1. The van der Waals surface area contributed by atoms with Gasteiger partial charge >= 0.3 is 6.03 Å². The van der Waals surface area contributed by atoms with E-state index in [2.05, 4.69) is 5.32 Å². The minimum Gasteiger partial charge on any atom is -0.467 e. The summed E-state index contributed by atoms with van der Waals surface area (Å²) in [4.78, 5) is 13.7. The Morgan fingerprint density at radius 2 is 2.33 bits per heavy atom. The summed E-state index contributed by atoms with van der Waals surface area (Å²) >= 11 is 0. The molecule has 0 radical (unpaired) electrons. The first kappa shape index (κ1) is 13.0. The minimum atomic E-state index is -0.279. The molecule has 18 heavy (non-hydrogen) atoms. The van der Waals surface area contributed by atoms with Gasteiger partial charge in [0.25, 0.3) is 0 Å². The van der Waals surface area contributed by atoms with E-state index in [9.17, 15) is 9.90 Å². The maximum absolute atomic E-state index is 11.9. The second-order valence-corrected chi connectivity index (χ2v) is 4.80. The van der Waals surface area contributed by atoms with Crippen molar-refractivity contribution in [3.05, 3.63) is 24.2 Å². The highest BCUT2D eigenvalue weighted by molar-refractivity contribution is 5.74. The van der Waals surface area contributed by atoms with Crippen molar-refractivity contribution in [3.63, 3.8) is 0 Å². The fraction of sp³-hybridized carbons (Fsp3) is 0.615. The Bertz CT molecular complexity index is 368. The number of rotatable bonds is 3. The lowest BCUT2D eigenvalue weighted by Gasteiger charge is -2.33. The Morgan fingerprint density at radius 3 is 2.89 bits per heavy atom. The van der Waals surface area contributed by atoms with Gasteiger partial charge in [-0.25, -0.2) is 4.79 Å². The largest absolute Gasteiger partial charge is 0.467 e. The van der Waals surface area contributed by atoms with Gasteiger partial charge in [0, 0.05) is 13.1 Å². The fourth-order valence-corrected chi connectivity index (χ4v) is 2.27. The van der Waals surface area contributed by atoms with E-state index in [-0.39, 0.29) is 12.1 Å². The van der Waals surface area contributed by atoms with Gasteiger partial charge in [-0.1, -0.05) is 0 Å². The van der Waals surface area contributed by atoms with Crippen LogP contribution in [0.25, 0.3) is 0 Å². The van der Waals surface area contributed by atoms with Crippen LogP contribution in [0.15, 0.2) is 22.8 Å². The number of nitrogens with one attached hydrogen (secondary N) is 1. The number of likely N-dealkylation sites (tertiary alicyclic amines) is 1. The van der Waals surface area contributed by atoms with Crippen LogP contribution < -0.4 is 5.32 Å². The molecular weight excluding hydrogens is 232 g/mol. The number of hydrogen-bond acceptors (Lipinski definition) is 3. The average molecular weight is 252 g/mol. The molecule has 5 heteroatoms.